The van der Waals surface area contributed by atoms with Crippen molar-refractivity contribution >= 4 is 53.9 Å². The molecule has 13 heteroatoms. The Morgan fingerprint density at radius 2 is 1.81 bits per heavy atom. The Labute approximate surface area is 189 Å². The van der Waals surface area contributed by atoms with Crippen LogP contribution in [0.3, 0.4) is 0 Å². The zero-order chi connectivity index (χ0) is 23.6. The third kappa shape index (κ3) is 6.57. The van der Waals surface area contributed by atoms with Crippen molar-refractivity contribution in [2.45, 2.75) is 45.1 Å². The van der Waals surface area contributed by atoms with Gasteiger partial charge in [-0.05, 0) is 32.9 Å². The summed E-state index contributed by atoms with van der Waals surface area (Å²) in [7, 11) is -1.10. The number of carbonyl (C=O) groups is 2. The van der Waals surface area contributed by atoms with Crippen LogP contribution in [-0.2, 0) is 35.9 Å². The van der Waals surface area contributed by atoms with Gasteiger partial charge in [-0.2, -0.15) is 0 Å². The van der Waals surface area contributed by atoms with Crippen LogP contribution in [0.2, 0.25) is 10.0 Å². The van der Waals surface area contributed by atoms with Gasteiger partial charge in [-0.1, -0.05) is 23.2 Å². The average molecular weight is 496 g/mol. The number of carboxylic acids is 1. The molecule has 1 aromatic carbocycles. The summed E-state index contributed by atoms with van der Waals surface area (Å²) in [5.74, 6) is -1.10. The lowest BCUT2D eigenvalue weighted by molar-refractivity contribution is -0.139. The van der Waals surface area contributed by atoms with E-state index in [9.17, 15) is 19.3 Å². The van der Waals surface area contributed by atoms with Crippen molar-refractivity contribution in [1.82, 2.24) is 14.9 Å². The molecule has 1 aromatic heterocycles. The van der Waals surface area contributed by atoms with E-state index < -0.39 is 31.3 Å². The quantitative estimate of drug-likeness (QED) is 0.518. The van der Waals surface area contributed by atoms with Crippen LogP contribution < -0.4 is 5.32 Å². The molecule has 0 aliphatic carbocycles. The highest BCUT2D eigenvalue weighted by Crippen LogP contribution is 2.49. The van der Waals surface area contributed by atoms with Crippen LogP contribution in [0.15, 0.2) is 12.1 Å². The lowest BCUT2D eigenvalue weighted by Gasteiger charge is -2.22. The summed E-state index contributed by atoms with van der Waals surface area (Å²) in [6, 6.07) is 1.64. The molecule has 1 atom stereocenters. The number of hydrogen-bond acceptors (Lipinski definition) is 7. The Balaban J connectivity index is 2.48. The zero-order valence-electron chi connectivity index (χ0n) is 17.6. The smallest absolute Gasteiger partial charge is 0.408 e. The number of nitrogens with one attached hydrogen (secondary N) is 1. The first kappa shape index (κ1) is 25.4. The molecule has 172 valence electrons. The Kier molecular flexibility index (Phi) is 7.99. The molecule has 1 amide bonds. The molecule has 0 unspecified atom stereocenters. The number of carboxylic acid groups (broad SMARTS) is 1. The van der Waals surface area contributed by atoms with Crippen molar-refractivity contribution < 1.29 is 33.0 Å². The number of amides is 1. The molecule has 2 N–H and O–H groups in total. The van der Waals surface area contributed by atoms with Crippen molar-refractivity contribution in [3.05, 3.63) is 28.0 Å². The van der Waals surface area contributed by atoms with E-state index in [-0.39, 0.29) is 28.6 Å². The first-order chi connectivity index (χ1) is 14.3. The van der Waals surface area contributed by atoms with Crippen LogP contribution in [0.5, 0.6) is 0 Å². The summed E-state index contributed by atoms with van der Waals surface area (Å²) in [5, 5.41) is 12.4. The fourth-order valence-electron chi connectivity index (χ4n) is 2.68. The van der Waals surface area contributed by atoms with Gasteiger partial charge in [0.25, 0.3) is 0 Å². The number of imidazole rings is 1. The number of nitrogens with zero attached hydrogens (tertiary/aromatic N) is 2. The molecule has 0 aliphatic heterocycles. The number of aliphatic carboxylic acids is 1. The Bertz CT molecular complexity index is 1030. The molecule has 2 rings (SSSR count). The van der Waals surface area contributed by atoms with Gasteiger partial charge in [-0.15, -0.1) is 0 Å². The van der Waals surface area contributed by atoms with Gasteiger partial charge in [0.15, 0.2) is 0 Å². The molecule has 0 bridgehead atoms. The number of carbonyl (C=O) groups excluding carboxylic acids is 1. The minimum Gasteiger partial charge on any atom is -0.480 e. The summed E-state index contributed by atoms with van der Waals surface area (Å²) in [6.07, 6.45) is -1.40. The van der Waals surface area contributed by atoms with E-state index in [2.05, 4.69) is 10.3 Å². The van der Waals surface area contributed by atoms with Crippen LogP contribution in [0.25, 0.3) is 11.0 Å². The van der Waals surface area contributed by atoms with Crippen molar-refractivity contribution in [2.75, 3.05) is 14.2 Å². The summed E-state index contributed by atoms with van der Waals surface area (Å²) in [4.78, 5) is 28.3. The number of ether oxygens (including phenoxy) is 1. The van der Waals surface area contributed by atoms with Crippen LogP contribution >= 0.6 is 30.8 Å². The Morgan fingerprint density at radius 1 is 1.23 bits per heavy atom. The molecule has 0 aliphatic rings. The maximum atomic E-state index is 12.8. The molecular weight excluding hydrogens is 472 g/mol. The van der Waals surface area contributed by atoms with Gasteiger partial charge in [0.1, 0.15) is 23.8 Å². The second kappa shape index (κ2) is 9.75. The Hall–Kier alpha value is -1.84. The second-order valence-corrected chi connectivity index (χ2v) is 10.6. The van der Waals surface area contributed by atoms with E-state index in [0.717, 1.165) is 0 Å². The second-order valence-electron chi connectivity index (χ2n) is 7.57. The standard InChI is InChI=1S/C18H24Cl2N3O7P/c1-18(2,3)30-17(26)22-13(16(24)25)8-15-21-12-6-10(19)11(20)7-14(12)23(15)9-31(27,28-4)29-5/h6-7,13H,8-9H2,1-5H3,(H,22,26)(H,24,25)/t13-/m0/s1. The molecule has 0 saturated carbocycles. The maximum absolute atomic E-state index is 12.8. The summed E-state index contributed by atoms with van der Waals surface area (Å²) in [6.45, 7) is 4.97. The van der Waals surface area contributed by atoms with Gasteiger partial charge in [0.2, 0.25) is 0 Å². The number of aromatic nitrogens is 2. The fourth-order valence-corrected chi connectivity index (χ4v) is 4.04. The third-order valence-corrected chi connectivity index (χ3v) is 6.58. The predicted octanol–water partition coefficient (Wildman–Crippen LogP) is 4.31. The molecule has 2 aromatic rings. The van der Waals surface area contributed by atoms with Crippen LogP contribution in [0.1, 0.15) is 26.6 Å². The van der Waals surface area contributed by atoms with E-state index in [0.29, 0.717) is 11.0 Å². The largest absolute Gasteiger partial charge is 0.480 e. The van der Waals surface area contributed by atoms with Crippen LogP contribution in [0.4, 0.5) is 4.79 Å². The lowest BCUT2D eigenvalue weighted by Crippen LogP contribution is -2.45. The predicted molar refractivity (Wildman–Crippen MR) is 116 cm³/mol. The third-order valence-electron chi connectivity index (χ3n) is 4.12. The molecule has 10 nitrogen and oxygen atoms in total. The highest BCUT2D eigenvalue weighted by atomic mass is 35.5. The van der Waals surface area contributed by atoms with E-state index >= 15 is 0 Å². The minimum absolute atomic E-state index is 0.200. The van der Waals surface area contributed by atoms with Crippen molar-refractivity contribution in [2.24, 2.45) is 0 Å². The Morgan fingerprint density at radius 3 is 2.32 bits per heavy atom. The monoisotopic (exact) mass is 495 g/mol. The minimum atomic E-state index is -3.56. The van der Waals surface area contributed by atoms with E-state index in [4.69, 9.17) is 37.0 Å². The first-order valence-electron chi connectivity index (χ1n) is 9.05. The van der Waals surface area contributed by atoms with Crippen molar-refractivity contribution in [3.63, 3.8) is 0 Å². The topological polar surface area (TPSA) is 129 Å². The highest BCUT2D eigenvalue weighted by Gasteiger charge is 2.30. The van der Waals surface area contributed by atoms with Gasteiger partial charge in [0, 0.05) is 20.6 Å². The molecular formula is C18H24Cl2N3O7P. The van der Waals surface area contributed by atoms with Gasteiger partial charge < -0.3 is 28.8 Å². The summed E-state index contributed by atoms with van der Waals surface area (Å²) < 4.78 is 29.4. The first-order valence-corrected chi connectivity index (χ1v) is 11.5. The van der Waals surface area contributed by atoms with Crippen LogP contribution in [0, 0.1) is 0 Å². The van der Waals surface area contributed by atoms with E-state index in [1.54, 1.807) is 20.8 Å². The number of fused-ring (bicyclic) bond motifs is 1. The van der Waals surface area contributed by atoms with E-state index in [1.165, 1.54) is 30.9 Å². The molecule has 0 radical (unpaired) electrons. The zero-order valence-corrected chi connectivity index (χ0v) is 20.0. The summed E-state index contributed by atoms with van der Waals surface area (Å²) >= 11 is 12.2. The average Bonchev–Trinajstić information content (AvgIpc) is 2.96. The highest BCUT2D eigenvalue weighted by molar-refractivity contribution is 7.52. The SMILES string of the molecule is COP(=O)(Cn1c(C[C@H](NC(=O)OC(C)(C)C)C(=O)O)nc2cc(Cl)c(Cl)cc21)OC. The van der Waals surface area contributed by atoms with Gasteiger partial charge in [-0.25, -0.2) is 14.6 Å². The van der Waals surface area contributed by atoms with Gasteiger partial charge in [0.05, 0.1) is 21.1 Å². The summed E-state index contributed by atoms with van der Waals surface area (Å²) in [5.41, 5.74) is 0.0295. The lowest BCUT2D eigenvalue weighted by atomic mass is 10.2. The van der Waals surface area contributed by atoms with Gasteiger partial charge >= 0.3 is 19.7 Å². The number of hydrogen-bond donors (Lipinski definition) is 2. The van der Waals surface area contributed by atoms with Crippen molar-refractivity contribution in [1.29, 1.82) is 0 Å². The molecule has 31 heavy (non-hydrogen) atoms. The molecule has 1 heterocycles. The fraction of sp³-hybridized carbons (Fsp3) is 0.500. The van der Waals surface area contributed by atoms with E-state index in [1.807, 2.05) is 0 Å². The normalized spacial score (nSPS) is 13.3. The number of alkyl carbamates (subject to hydrolysis) is 1. The number of benzene rings is 1. The number of halogens is 2. The van der Waals surface area contributed by atoms with Crippen molar-refractivity contribution in [3.8, 4) is 0 Å². The number of rotatable bonds is 8. The van der Waals surface area contributed by atoms with Crippen LogP contribution in [-0.4, -0.2) is 52.6 Å². The molecule has 0 saturated heterocycles. The van der Waals surface area contributed by atoms with Gasteiger partial charge in [-0.3, -0.25) is 4.57 Å². The molecule has 0 spiro atoms. The molecule has 0 fully saturated rings. The maximum Gasteiger partial charge on any atom is 0.408 e.